The molecule has 0 saturated heterocycles. The lowest BCUT2D eigenvalue weighted by Crippen LogP contribution is -2.36. The Hall–Kier alpha value is -2.82. The van der Waals surface area contributed by atoms with Gasteiger partial charge in [0, 0.05) is 35.5 Å². The first-order valence-corrected chi connectivity index (χ1v) is 11.5. The number of nitrogens with zero attached hydrogens (tertiary/aromatic N) is 2. The predicted octanol–water partition coefficient (Wildman–Crippen LogP) is 5.37. The minimum Gasteiger partial charge on any atom is -0.606 e. The van der Waals surface area contributed by atoms with Crippen LogP contribution in [-0.2, 0) is 29.6 Å². The fraction of sp³-hybridized carbons (Fsp3) is 0.192. The van der Waals surface area contributed by atoms with Gasteiger partial charge in [0.1, 0.15) is 0 Å². The molecule has 0 saturated carbocycles. The van der Waals surface area contributed by atoms with Gasteiger partial charge in [-0.25, -0.2) is 4.98 Å². The third-order valence-electron chi connectivity index (χ3n) is 6.17. The smallest absolute Gasteiger partial charge is 0.158 e. The van der Waals surface area contributed by atoms with Crippen molar-refractivity contribution in [3.05, 3.63) is 114 Å². The molecule has 1 aromatic heterocycles. The lowest BCUT2D eigenvalue weighted by atomic mass is 9.66. The van der Waals surface area contributed by atoms with Crippen LogP contribution in [0.5, 0.6) is 0 Å². The van der Waals surface area contributed by atoms with E-state index in [0.717, 1.165) is 35.6 Å². The molecule has 1 heterocycles. The summed E-state index contributed by atoms with van der Waals surface area (Å²) in [6.45, 7) is 0.852. The van der Waals surface area contributed by atoms with Crippen LogP contribution in [0.1, 0.15) is 29.5 Å². The highest BCUT2D eigenvalue weighted by atomic mass is 32.2. The largest absolute Gasteiger partial charge is 0.606 e. The number of aromatic nitrogens is 2. The highest BCUT2D eigenvalue weighted by Crippen LogP contribution is 2.44. The second kappa shape index (κ2) is 8.13. The fourth-order valence-corrected chi connectivity index (χ4v) is 5.81. The Morgan fingerprint density at radius 1 is 0.900 bits per heavy atom. The topological polar surface area (TPSA) is 40.9 Å². The van der Waals surface area contributed by atoms with Gasteiger partial charge in [-0.15, -0.1) is 0 Å². The maximum absolute atomic E-state index is 13.0. The van der Waals surface area contributed by atoms with Gasteiger partial charge in [0.15, 0.2) is 9.79 Å². The van der Waals surface area contributed by atoms with E-state index in [2.05, 4.69) is 45.9 Å². The molecule has 0 fully saturated rings. The molecule has 3 nitrogen and oxygen atoms in total. The van der Waals surface area contributed by atoms with E-state index >= 15 is 0 Å². The molecule has 0 bridgehead atoms. The van der Waals surface area contributed by atoms with E-state index < -0.39 is 11.2 Å². The summed E-state index contributed by atoms with van der Waals surface area (Å²) >= 11 is -1.17. The van der Waals surface area contributed by atoms with Crippen molar-refractivity contribution in [3.8, 4) is 0 Å². The van der Waals surface area contributed by atoms with Crippen LogP contribution in [0.3, 0.4) is 0 Å². The van der Waals surface area contributed by atoms with Crippen molar-refractivity contribution in [1.82, 2.24) is 9.55 Å². The van der Waals surface area contributed by atoms with E-state index in [-0.39, 0.29) is 5.41 Å². The number of hydrogen-bond acceptors (Lipinski definition) is 2. The maximum atomic E-state index is 13.0. The second-order valence-electron chi connectivity index (χ2n) is 7.93. The average Bonchev–Trinajstić information content (AvgIpc) is 3.32. The van der Waals surface area contributed by atoms with Crippen LogP contribution >= 0.6 is 0 Å². The molecule has 4 heteroatoms. The summed E-state index contributed by atoms with van der Waals surface area (Å²) in [6, 6.07) is 26.9. The molecule has 0 aliphatic heterocycles. The minimum absolute atomic E-state index is 0.109. The van der Waals surface area contributed by atoms with Crippen LogP contribution < -0.4 is 0 Å². The second-order valence-corrected chi connectivity index (χ2v) is 9.41. The Morgan fingerprint density at radius 3 is 2.40 bits per heavy atom. The van der Waals surface area contributed by atoms with Gasteiger partial charge in [0.05, 0.1) is 6.33 Å². The van der Waals surface area contributed by atoms with Crippen LogP contribution in [0.2, 0.25) is 0 Å². The van der Waals surface area contributed by atoms with Crippen LogP contribution in [-0.4, -0.2) is 14.1 Å². The summed E-state index contributed by atoms with van der Waals surface area (Å²) in [5.41, 5.74) is 4.00. The van der Waals surface area contributed by atoms with Gasteiger partial charge in [0.2, 0.25) is 0 Å². The number of rotatable bonds is 5. The van der Waals surface area contributed by atoms with Gasteiger partial charge in [0.25, 0.3) is 0 Å². The first-order chi connectivity index (χ1) is 14.8. The summed E-state index contributed by atoms with van der Waals surface area (Å²) in [7, 11) is 0. The molecule has 0 N–H and O–H groups in total. The van der Waals surface area contributed by atoms with Gasteiger partial charge in [-0.1, -0.05) is 54.6 Å². The maximum Gasteiger partial charge on any atom is 0.158 e. The van der Waals surface area contributed by atoms with Crippen LogP contribution in [0, 0.1) is 0 Å². The molecule has 1 aliphatic carbocycles. The summed E-state index contributed by atoms with van der Waals surface area (Å²) in [5, 5.41) is 0. The first kappa shape index (κ1) is 19.2. The molecule has 150 valence electrons. The molecule has 0 spiro atoms. The Kier molecular flexibility index (Phi) is 5.19. The van der Waals surface area contributed by atoms with Crippen molar-refractivity contribution < 1.29 is 4.55 Å². The van der Waals surface area contributed by atoms with Gasteiger partial charge < -0.3 is 9.12 Å². The Bertz CT molecular complexity index is 1110. The first-order valence-electron chi connectivity index (χ1n) is 10.4. The van der Waals surface area contributed by atoms with Crippen molar-refractivity contribution in [3.63, 3.8) is 0 Å². The van der Waals surface area contributed by atoms with Crippen molar-refractivity contribution in [2.75, 3.05) is 0 Å². The Labute approximate surface area is 180 Å². The molecule has 3 aromatic carbocycles. The zero-order chi connectivity index (χ0) is 20.4. The van der Waals surface area contributed by atoms with Crippen molar-refractivity contribution in [2.24, 2.45) is 0 Å². The van der Waals surface area contributed by atoms with Gasteiger partial charge in [-0.05, 0) is 60.2 Å². The Morgan fingerprint density at radius 2 is 1.63 bits per heavy atom. The standard InChI is InChI=1S/C26H24N2OS/c29-30(23-9-2-1-3-10-23)24-14-12-22(13-15-24)26(19-28-18-17-27-20-28)16-6-8-21-7-4-5-11-25(21)26/h1-5,7,9-15,17-18,20H,6,8,16,19H2. The zero-order valence-corrected chi connectivity index (χ0v) is 17.6. The lowest BCUT2D eigenvalue weighted by Gasteiger charge is -2.40. The minimum atomic E-state index is -1.17. The van der Waals surface area contributed by atoms with Crippen LogP contribution in [0.4, 0.5) is 0 Å². The molecular formula is C26H24N2OS. The number of fused-ring (bicyclic) bond motifs is 1. The van der Waals surface area contributed by atoms with E-state index in [1.54, 1.807) is 0 Å². The average molecular weight is 413 g/mol. The molecule has 4 aromatic rings. The predicted molar refractivity (Wildman–Crippen MR) is 120 cm³/mol. The molecule has 30 heavy (non-hydrogen) atoms. The van der Waals surface area contributed by atoms with Crippen LogP contribution in [0.15, 0.2) is 107 Å². The molecule has 2 atom stereocenters. The molecule has 2 unspecified atom stereocenters. The lowest BCUT2D eigenvalue weighted by molar-refractivity contribution is 0.369. The van der Waals surface area contributed by atoms with E-state index in [4.69, 9.17) is 0 Å². The third kappa shape index (κ3) is 3.47. The third-order valence-corrected chi connectivity index (χ3v) is 7.57. The zero-order valence-electron chi connectivity index (χ0n) is 16.8. The molecule has 5 rings (SSSR count). The van der Waals surface area contributed by atoms with E-state index in [1.165, 1.54) is 16.7 Å². The normalized spacial score (nSPS) is 19.2. The SMILES string of the molecule is [O-][S+](c1ccccc1)c1ccc(C2(Cn3ccnc3)CCCc3ccccc32)cc1. The molecular weight excluding hydrogens is 388 g/mol. The molecule has 0 amide bonds. The van der Waals surface area contributed by atoms with E-state index in [9.17, 15) is 4.55 Å². The van der Waals surface area contributed by atoms with Gasteiger partial charge in [-0.3, -0.25) is 0 Å². The fourth-order valence-electron chi connectivity index (χ4n) is 4.75. The number of imidazole rings is 1. The highest BCUT2D eigenvalue weighted by molar-refractivity contribution is 7.91. The van der Waals surface area contributed by atoms with E-state index in [1.807, 2.05) is 61.2 Å². The number of aryl methyl sites for hydroxylation is 1. The van der Waals surface area contributed by atoms with Crippen molar-refractivity contribution >= 4 is 11.2 Å². The number of benzene rings is 3. The van der Waals surface area contributed by atoms with Crippen molar-refractivity contribution in [1.29, 1.82) is 0 Å². The van der Waals surface area contributed by atoms with Crippen LogP contribution in [0.25, 0.3) is 0 Å². The summed E-state index contributed by atoms with van der Waals surface area (Å²) < 4.78 is 15.1. The van der Waals surface area contributed by atoms with Crippen molar-refractivity contribution in [2.45, 2.75) is 41.0 Å². The quantitative estimate of drug-likeness (QED) is 0.413. The summed E-state index contributed by atoms with van der Waals surface area (Å²) in [4.78, 5) is 5.94. The molecule has 0 radical (unpaired) electrons. The van der Waals surface area contributed by atoms with Gasteiger partial charge in [-0.2, -0.15) is 0 Å². The van der Waals surface area contributed by atoms with E-state index in [0.29, 0.717) is 0 Å². The monoisotopic (exact) mass is 412 g/mol. The van der Waals surface area contributed by atoms with Gasteiger partial charge >= 0.3 is 0 Å². The number of hydrogen-bond donors (Lipinski definition) is 0. The highest BCUT2D eigenvalue weighted by Gasteiger charge is 2.38. The summed E-state index contributed by atoms with van der Waals surface area (Å²) in [6.07, 6.45) is 9.15. The molecule has 1 aliphatic rings. The Balaban J connectivity index is 1.56. The summed E-state index contributed by atoms with van der Waals surface area (Å²) in [5.74, 6) is 0.